The number of hydrogen-bond acceptors (Lipinski definition) is 2. The van der Waals surface area contributed by atoms with E-state index in [4.69, 9.17) is 0 Å². The van der Waals surface area contributed by atoms with Gasteiger partial charge >= 0.3 is 0 Å². The van der Waals surface area contributed by atoms with E-state index in [9.17, 15) is 4.79 Å². The van der Waals surface area contributed by atoms with Gasteiger partial charge in [-0.1, -0.05) is 12.5 Å². The maximum atomic E-state index is 11.9. The van der Waals surface area contributed by atoms with Crippen molar-refractivity contribution in [2.24, 2.45) is 0 Å². The molecular weight excluding hydrogens is 224 g/mol. The lowest BCUT2D eigenvalue weighted by molar-refractivity contribution is 0.496. The Labute approximate surface area is 109 Å². The van der Waals surface area contributed by atoms with Crippen LogP contribution in [-0.4, -0.2) is 17.7 Å². The summed E-state index contributed by atoms with van der Waals surface area (Å²) in [6.45, 7) is 3.09. The lowest BCUT2D eigenvalue weighted by atomic mass is 10.1. The van der Waals surface area contributed by atoms with Crippen LogP contribution in [0.1, 0.15) is 43.9 Å². The molecule has 1 aromatic heterocycles. The van der Waals surface area contributed by atoms with Crippen LogP contribution in [-0.2, 0) is 19.4 Å². The summed E-state index contributed by atoms with van der Waals surface area (Å²) in [7, 11) is 2.00. The molecule has 18 heavy (non-hydrogen) atoms. The summed E-state index contributed by atoms with van der Waals surface area (Å²) >= 11 is 0. The third-order valence-electron chi connectivity index (χ3n) is 4.01. The first-order valence-corrected chi connectivity index (χ1v) is 7.11. The Morgan fingerprint density at radius 2 is 2.17 bits per heavy atom. The Balaban J connectivity index is 1.94. The number of fused-ring (bicyclic) bond motifs is 1. The molecule has 0 radical (unpaired) electrons. The first-order valence-electron chi connectivity index (χ1n) is 7.11. The van der Waals surface area contributed by atoms with Crippen molar-refractivity contribution in [1.82, 2.24) is 9.88 Å². The van der Waals surface area contributed by atoms with E-state index >= 15 is 0 Å². The fourth-order valence-electron chi connectivity index (χ4n) is 2.74. The molecule has 0 fully saturated rings. The zero-order valence-electron chi connectivity index (χ0n) is 11.5. The predicted molar refractivity (Wildman–Crippen MR) is 75.1 cm³/mol. The third-order valence-corrected chi connectivity index (χ3v) is 4.01. The highest BCUT2D eigenvalue weighted by Crippen LogP contribution is 2.20. The number of pyridine rings is 1. The molecule has 0 bridgehead atoms. The van der Waals surface area contributed by atoms with Crippen molar-refractivity contribution in [3.8, 4) is 0 Å². The van der Waals surface area contributed by atoms with Gasteiger partial charge in [0.1, 0.15) is 0 Å². The average Bonchev–Trinajstić information content (AvgIpc) is 2.84. The highest BCUT2D eigenvalue weighted by atomic mass is 16.1. The van der Waals surface area contributed by atoms with Gasteiger partial charge in [-0.15, -0.1) is 0 Å². The Kier molecular flexibility index (Phi) is 4.59. The van der Waals surface area contributed by atoms with E-state index in [1.807, 2.05) is 17.7 Å². The lowest BCUT2D eigenvalue weighted by Crippen LogP contribution is -2.24. The second kappa shape index (κ2) is 6.19. The molecule has 1 aliphatic rings. The zero-order chi connectivity index (χ0) is 13.0. The molecule has 0 saturated carbocycles. The van der Waals surface area contributed by atoms with Gasteiger partial charge < -0.3 is 9.88 Å². The second-order valence-electron chi connectivity index (χ2n) is 5.33. The van der Waals surface area contributed by atoms with Crippen LogP contribution < -0.4 is 10.9 Å². The molecular formula is C15H24N2O. The van der Waals surface area contributed by atoms with Crippen LogP contribution in [0.25, 0.3) is 0 Å². The minimum absolute atomic E-state index is 0.178. The molecule has 0 aliphatic heterocycles. The maximum Gasteiger partial charge on any atom is 0.250 e. The Morgan fingerprint density at radius 1 is 1.33 bits per heavy atom. The molecule has 0 amide bonds. The minimum atomic E-state index is 0.178. The number of aromatic nitrogens is 1. The molecule has 1 atom stereocenters. The lowest BCUT2D eigenvalue weighted by Gasteiger charge is -2.13. The van der Waals surface area contributed by atoms with Crippen LogP contribution in [0.3, 0.4) is 0 Å². The molecule has 3 nitrogen and oxygen atoms in total. The van der Waals surface area contributed by atoms with E-state index in [0.29, 0.717) is 6.04 Å². The Bertz CT molecular complexity index is 450. The van der Waals surface area contributed by atoms with Crippen molar-refractivity contribution < 1.29 is 0 Å². The second-order valence-corrected chi connectivity index (χ2v) is 5.33. The molecule has 0 aromatic carbocycles. The highest BCUT2D eigenvalue weighted by molar-refractivity contribution is 5.25. The van der Waals surface area contributed by atoms with Gasteiger partial charge in [0.2, 0.25) is 0 Å². The van der Waals surface area contributed by atoms with Crippen molar-refractivity contribution >= 4 is 0 Å². The van der Waals surface area contributed by atoms with Crippen LogP contribution in [0.2, 0.25) is 0 Å². The standard InChI is InChI=1S/C15H24N2O/c1-12(16-2)6-3-4-11-17-14-8-5-7-13(14)9-10-15(17)18/h9-10,12,16H,3-8,11H2,1-2H3. The van der Waals surface area contributed by atoms with Gasteiger partial charge in [-0.2, -0.15) is 0 Å². The normalized spacial score (nSPS) is 15.7. The Hall–Kier alpha value is -1.09. The van der Waals surface area contributed by atoms with E-state index in [2.05, 4.69) is 12.2 Å². The molecule has 0 spiro atoms. The van der Waals surface area contributed by atoms with Crippen molar-refractivity contribution in [3.05, 3.63) is 33.7 Å². The van der Waals surface area contributed by atoms with Gasteiger partial charge in [-0.05, 0) is 51.6 Å². The van der Waals surface area contributed by atoms with E-state index in [0.717, 1.165) is 25.8 Å². The summed E-state index contributed by atoms with van der Waals surface area (Å²) in [5, 5.41) is 3.25. The molecule has 3 heteroatoms. The number of nitrogens with one attached hydrogen (secondary N) is 1. The SMILES string of the molecule is CNC(C)CCCCn1c2c(ccc1=O)CCC2. The van der Waals surface area contributed by atoms with Crippen LogP contribution >= 0.6 is 0 Å². The summed E-state index contributed by atoms with van der Waals surface area (Å²) in [5.74, 6) is 0. The number of aryl methyl sites for hydroxylation is 1. The van der Waals surface area contributed by atoms with Gasteiger partial charge in [-0.3, -0.25) is 4.79 Å². The van der Waals surface area contributed by atoms with Crippen LogP contribution in [0, 0.1) is 0 Å². The summed E-state index contributed by atoms with van der Waals surface area (Å²) in [6, 6.07) is 4.33. The first kappa shape index (κ1) is 13.3. The molecule has 1 heterocycles. The van der Waals surface area contributed by atoms with Gasteiger partial charge in [-0.25, -0.2) is 0 Å². The summed E-state index contributed by atoms with van der Waals surface area (Å²) < 4.78 is 2.01. The monoisotopic (exact) mass is 248 g/mol. The van der Waals surface area contributed by atoms with Crippen LogP contribution in [0.15, 0.2) is 16.9 Å². The van der Waals surface area contributed by atoms with E-state index < -0.39 is 0 Å². The van der Waals surface area contributed by atoms with Crippen molar-refractivity contribution in [2.45, 2.75) is 58.0 Å². The predicted octanol–water partition coefficient (Wildman–Crippen LogP) is 2.12. The fraction of sp³-hybridized carbons (Fsp3) is 0.667. The van der Waals surface area contributed by atoms with E-state index in [1.54, 1.807) is 6.07 Å². The van der Waals surface area contributed by atoms with Gasteiger partial charge in [0.25, 0.3) is 5.56 Å². The molecule has 100 valence electrons. The average molecular weight is 248 g/mol. The van der Waals surface area contributed by atoms with Crippen LogP contribution in [0.4, 0.5) is 0 Å². The molecule has 1 N–H and O–H groups in total. The molecule has 1 unspecified atom stereocenters. The minimum Gasteiger partial charge on any atom is -0.317 e. The molecule has 1 aliphatic carbocycles. The summed E-state index contributed by atoms with van der Waals surface area (Å²) in [4.78, 5) is 11.9. The largest absolute Gasteiger partial charge is 0.317 e. The van der Waals surface area contributed by atoms with Gasteiger partial charge in [0.05, 0.1) is 0 Å². The Morgan fingerprint density at radius 3 is 2.94 bits per heavy atom. The highest BCUT2D eigenvalue weighted by Gasteiger charge is 2.15. The molecule has 0 saturated heterocycles. The summed E-state index contributed by atoms with van der Waals surface area (Å²) in [5.41, 5.74) is 2.86. The smallest absolute Gasteiger partial charge is 0.250 e. The van der Waals surface area contributed by atoms with Crippen LogP contribution in [0.5, 0.6) is 0 Å². The summed E-state index contributed by atoms with van der Waals surface area (Å²) in [6.07, 6.45) is 6.89. The first-order chi connectivity index (χ1) is 8.72. The van der Waals surface area contributed by atoms with Crippen molar-refractivity contribution in [2.75, 3.05) is 7.05 Å². The fourth-order valence-corrected chi connectivity index (χ4v) is 2.74. The quantitative estimate of drug-likeness (QED) is 0.782. The van der Waals surface area contributed by atoms with Crippen molar-refractivity contribution in [1.29, 1.82) is 0 Å². The number of hydrogen-bond donors (Lipinski definition) is 1. The van der Waals surface area contributed by atoms with E-state index in [1.165, 1.54) is 30.5 Å². The number of unbranched alkanes of at least 4 members (excludes halogenated alkanes) is 1. The molecule has 2 rings (SSSR count). The van der Waals surface area contributed by atoms with Crippen molar-refractivity contribution in [3.63, 3.8) is 0 Å². The zero-order valence-corrected chi connectivity index (χ0v) is 11.5. The maximum absolute atomic E-state index is 11.9. The number of nitrogens with zero attached hydrogens (tertiary/aromatic N) is 1. The topological polar surface area (TPSA) is 34.0 Å². The van der Waals surface area contributed by atoms with E-state index in [-0.39, 0.29) is 5.56 Å². The third kappa shape index (κ3) is 3.02. The number of rotatable bonds is 6. The molecule has 1 aromatic rings. The van der Waals surface area contributed by atoms with Gasteiger partial charge in [0.15, 0.2) is 0 Å². The van der Waals surface area contributed by atoms with Gasteiger partial charge in [0, 0.05) is 24.3 Å².